The largest absolute Gasteiger partial charge is 0.435 e. The number of nitrogens with one attached hydrogen (secondary N) is 1. The van der Waals surface area contributed by atoms with E-state index in [9.17, 15) is 22.8 Å². The van der Waals surface area contributed by atoms with E-state index < -0.39 is 23.5 Å². The number of nitrogens with zero attached hydrogens (tertiary/aromatic N) is 5. The van der Waals surface area contributed by atoms with Gasteiger partial charge in [-0.05, 0) is 24.1 Å². The van der Waals surface area contributed by atoms with E-state index in [-0.39, 0.29) is 57.5 Å². The number of methoxy groups -OCH3 is 1. The zero-order valence-corrected chi connectivity index (χ0v) is 21.8. The van der Waals surface area contributed by atoms with Crippen molar-refractivity contribution in [2.45, 2.75) is 33.2 Å². The summed E-state index contributed by atoms with van der Waals surface area (Å²) in [6.45, 7) is 3.78. The van der Waals surface area contributed by atoms with Crippen molar-refractivity contribution in [3.05, 3.63) is 63.7 Å². The quantitative estimate of drug-likeness (QED) is 0.260. The molecule has 0 saturated heterocycles. The number of carbonyl (C=O) groups excluding carboxylic acids is 2. The molecule has 0 saturated carbocycles. The standard InChI is InChI=1S/C24H21Cl2F3N6O3/c1-12(2)7-17(36)19-20-13(10-34(33-20)11-38-3)8-15(26)21(19)31-23(37)16-9-18(24(27,28)29)32-35(16)22-14(25)5-4-6-30-22/h4-6,8-10,12H,7,11H2,1-3H3,(H,31,37). The molecule has 200 valence electrons. The molecule has 3 aromatic heterocycles. The summed E-state index contributed by atoms with van der Waals surface area (Å²) in [5.74, 6) is -1.61. The first-order valence-electron chi connectivity index (χ1n) is 11.2. The molecular weight excluding hydrogens is 548 g/mol. The van der Waals surface area contributed by atoms with Gasteiger partial charge in [0.05, 0.1) is 21.3 Å². The molecule has 4 rings (SSSR count). The fraction of sp³-hybridized carbons (Fsp3) is 0.292. The number of pyridine rings is 1. The van der Waals surface area contributed by atoms with Crippen LogP contribution >= 0.6 is 23.2 Å². The molecule has 0 fully saturated rings. The number of amides is 1. The van der Waals surface area contributed by atoms with Crippen molar-refractivity contribution >= 4 is 51.5 Å². The van der Waals surface area contributed by atoms with Crippen molar-refractivity contribution in [2.75, 3.05) is 12.4 Å². The number of aromatic nitrogens is 5. The van der Waals surface area contributed by atoms with E-state index >= 15 is 0 Å². The molecule has 1 N–H and O–H groups in total. The zero-order chi connectivity index (χ0) is 27.8. The minimum atomic E-state index is -4.86. The maximum absolute atomic E-state index is 13.5. The van der Waals surface area contributed by atoms with Gasteiger partial charge in [-0.1, -0.05) is 37.0 Å². The van der Waals surface area contributed by atoms with Gasteiger partial charge < -0.3 is 10.1 Å². The number of alkyl halides is 3. The van der Waals surface area contributed by atoms with Crippen LogP contribution in [0.5, 0.6) is 0 Å². The van der Waals surface area contributed by atoms with Crippen LogP contribution < -0.4 is 5.32 Å². The van der Waals surface area contributed by atoms with E-state index in [0.717, 1.165) is 0 Å². The zero-order valence-electron chi connectivity index (χ0n) is 20.3. The Morgan fingerprint density at radius 3 is 2.53 bits per heavy atom. The SMILES string of the molecule is COCn1cc2cc(Cl)c(NC(=O)c3cc(C(F)(F)F)nn3-c3ncccc3Cl)c(C(=O)CC(C)C)c2n1. The number of hydrogen-bond acceptors (Lipinski definition) is 6. The molecule has 0 bridgehead atoms. The Bertz CT molecular complexity index is 1530. The molecule has 14 heteroatoms. The highest BCUT2D eigenvalue weighted by atomic mass is 35.5. The number of anilines is 1. The van der Waals surface area contributed by atoms with Gasteiger partial charge in [-0.2, -0.15) is 23.4 Å². The van der Waals surface area contributed by atoms with Crippen LogP contribution in [0, 0.1) is 5.92 Å². The highest BCUT2D eigenvalue weighted by Crippen LogP contribution is 2.36. The lowest BCUT2D eigenvalue weighted by Gasteiger charge is -2.15. The monoisotopic (exact) mass is 568 g/mol. The third-order valence-electron chi connectivity index (χ3n) is 5.34. The summed E-state index contributed by atoms with van der Waals surface area (Å²) in [7, 11) is 1.47. The van der Waals surface area contributed by atoms with Crippen LogP contribution in [-0.4, -0.2) is 43.3 Å². The predicted molar refractivity (Wildman–Crippen MR) is 135 cm³/mol. The average Bonchev–Trinajstić information content (AvgIpc) is 3.44. The molecule has 1 aromatic carbocycles. The first-order chi connectivity index (χ1) is 17.9. The lowest BCUT2D eigenvalue weighted by atomic mass is 9.97. The highest BCUT2D eigenvalue weighted by molar-refractivity contribution is 6.36. The highest BCUT2D eigenvalue weighted by Gasteiger charge is 2.37. The summed E-state index contributed by atoms with van der Waals surface area (Å²) < 4.78 is 47.8. The van der Waals surface area contributed by atoms with Crippen molar-refractivity contribution in [3.63, 3.8) is 0 Å². The second kappa shape index (κ2) is 10.7. The first-order valence-corrected chi connectivity index (χ1v) is 12.0. The lowest BCUT2D eigenvalue weighted by Crippen LogP contribution is -2.20. The average molecular weight is 569 g/mol. The molecule has 0 atom stereocenters. The second-order valence-electron chi connectivity index (χ2n) is 8.74. The molecule has 4 aromatic rings. The van der Waals surface area contributed by atoms with E-state index in [4.69, 9.17) is 27.9 Å². The molecular formula is C24H21Cl2F3N6O3. The van der Waals surface area contributed by atoms with Crippen molar-refractivity contribution < 1.29 is 27.5 Å². The molecule has 0 radical (unpaired) electrons. The summed E-state index contributed by atoms with van der Waals surface area (Å²) in [6, 6.07) is 4.93. The summed E-state index contributed by atoms with van der Waals surface area (Å²) in [4.78, 5) is 30.7. The van der Waals surface area contributed by atoms with Crippen LogP contribution in [0.4, 0.5) is 18.9 Å². The molecule has 0 aliphatic rings. The molecule has 0 unspecified atom stereocenters. The van der Waals surface area contributed by atoms with Crippen molar-refractivity contribution in [3.8, 4) is 5.82 Å². The predicted octanol–water partition coefficient (Wildman–Crippen LogP) is 6.03. The minimum absolute atomic E-state index is 0.00657. The van der Waals surface area contributed by atoms with Crippen LogP contribution in [0.15, 0.2) is 36.7 Å². The maximum Gasteiger partial charge on any atom is 0.435 e. The number of ketones is 1. The van der Waals surface area contributed by atoms with E-state index in [1.54, 1.807) is 6.20 Å². The van der Waals surface area contributed by atoms with Gasteiger partial charge in [-0.15, -0.1) is 0 Å². The Morgan fingerprint density at radius 2 is 1.89 bits per heavy atom. The lowest BCUT2D eigenvalue weighted by molar-refractivity contribution is -0.141. The summed E-state index contributed by atoms with van der Waals surface area (Å²) >= 11 is 12.6. The van der Waals surface area contributed by atoms with Crippen LogP contribution in [0.2, 0.25) is 10.0 Å². The van der Waals surface area contributed by atoms with Crippen LogP contribution in [0.1, 0.15) is 46.8 Å². The molecule has 38 heavy (non-hydrogen) atoms. The third kappa shape index (κ3) is 5.52. The number of fused-ring (bicyclic) bond motifs is 1. The van der Waals surface area contributed by atoms with E-state index in [2.05, 4.69) is 20.5 Å². The summed E-state index contributed by atoms with van der Waals surface area (Å²) in [5.41, 5.74) is -1.67. The first kappa shape index (κ1) is 27.6. The van der Waals surface area contributed by atoms with E-state index in [1.807, 2.05) is 13.8 Å². The Labute approximate surface area is 224 Å². The number of Topliss-reactive ketones (excluding diaryl/α,β-unsaturated/α-hetero) is 1. The summed E-state index contributed by atoms with van der Waals surface area (Å²) in [5, 5.41) is 10.9. The minimum Gasteiger partial charge on any atom is -0.362 e. The molecule has 3 heterocycles. The number of hydrogen-bond donors (Lipinski definition) is 1. The second-order valence-corrected chi connectivity index (χ2v) is 9.56. The topological polar surface area (TPSA) is 104 Å². The van der Waals surface area contributed by atoms with Gasteiger partial charge in [0.15, 0.2) is 17.3 Å². The Balaban J connectivity index is 1.86. The van der Waals surface area contributed by atoms with E-state index in [0.29, 0.717) is 16.1 Å². The molecule has 1 amide bonds. The van der Waals surface area contributed by atoms with Gasteiger partial charge in [-0.3, -0.25) is 9.59 Å². The Hall–Kier alpha value is -3.48. The van der Waals surface area contributed by atoms with Crippen LogP contribution in [0.3, 0.4) is 0 Å². The Morgan fingerprint density at radius 1 is 1.16 bits per heavy atom. The maximum atomic E-state index is 13.5. The van der Waals surface area contributed by atoms with Gasteiger partial charge >= 0.3 is 6.18 Å². The smallest absolute Gasteiger partial charge is 0.362 e. The van der Waals surface area contributed by atoms with Gasteiger partial charge in [0, 0.05) is 37.4 Å². The number of halogens is 5. The summed E-state index contributed by atoms with van der Waals surface area (Å²) in [6.07, 6.45) is -1.84. The molecule has 9 nitrogen and oxygen atoms in total. The van der Waals surface area contributed by atoms with Crippen molar-refractivity contribution in [1.29, 1.82) is 0 Å². The Kier molecular flexibility index (Phi) is 7.77. The normalized spacial score (nSPS) is 11.9. The van der Waals surface area contributed by atoms with Gasteiger partial charge in [0.2, 0.25) is 0 Å². The van der Waals surface area contributed by atoms with Crippen LogP contribution in [0.25, 0.3) is 16.7 Å². The van der Waals surface area contributed by atoms with Gasteiger partial charge in [0.1, 0.15) is 17.9 Å². The van der Waals surface area contributed by atoms with E-state index in [1.165, 1.54) is 36.2 Å². The fourth-order valence-electron chi connectivity index (χ4n) is 3.80. The number of carbonyl (C=O) groups is 2. The number of ether oxygens (including phenoxy) is 1. The fourth-order valence-corrected chi connectivity index (χ4v) is 4.26. The van der Waals surface area contributed by atoms with Crippen molar-refractivity contribution in [1.82, 2.24) is 24.5 Å². The number of rotatable bonds is 8. The number of benzene rings is 1. The van der Waals surface area contributed by atoms with Crippen LogP contribution in [-0.2, 0) is 17.6 Å². The van der Waals surface area contributed by atoms with Gasteiger partial charge in [-0.25, -0.2) is 14.3 Å². The van der Waals surface area contributed by atoms with Crippen molar-refractivity contribution in [2.24, 2.45) is 5.92 Å². The molecule has 0 spiro atoms. The van der Waals surface area contributed by atoms with Gasteiger partial charge in [0.25, 0.3) is 5.91 Å². The molecule has 0 aliphatic heterocycles. The third-order valence-corrected chi connectivity index (χ3v) is 5.94. The molecule has 0 aliphatic carbocycles.